The standard InChI is InChI=1S/C12H14.3C11H13N.3C10H12N2.3C9H11N3.10C2H6/c1-8-5-4-6-11-7-9(2)10(3)12(8)11;1-7-4-10-6-12-5-8(2)11(10)9(7)3;1-7-6-10-4-5-12-9(3)11(10)8(7)2;1-7-4-5-12-10-6-8(2)9(3)11(7)10;1-7-5-11-6-9-4-8(2)12(3)10(7)9;1-7-4-5-11-9-6-8(2)12(3)10(7)9;1-7-5-4-6-9-10(7)12(3)8(2)11-9;1-6-4-10-5-8-9(6)12(3)7(2)11-8;1-6-9-8(4-5-10-6)11-7(2)12(9)3;1-6-4-5-10-9-8(6)12(3)7(2)11-9;10*1-2/h4-6H,7H2,1-3H3;5-6H,4H2,1-3H3;2*4-5H,6H2,1-3H3;3*4-6H,1-3H3;3*4-5H,1-3H3;10*1-2H3. The van der Waals surface area contributed by atoms with Gasteiger partial charge in [-0.25, -0.2) is 24.9 Å². The van der Waals surface area contributed by atoms with Gasteiger partial charge in [0.05, 0.1) is 67.2 Å². The first-order valence-corrected chi connectivity index (χ1v) is 51.4. The Kier molecular flexibility index (Phi) is 56.8. The van der Waals surface area contributed by atoms with E-state index < -0.39 is 0 Å². The Morgan fingerprint density at radius 1 is 0.229 bits per heavy atom. The van der Waals surface area contributed by atoms with Gasteiger partial charge in [-0.3, -0.25) is 34.9 Å². The number of fused-ring (bicyclic) bond motifs is 10. The number of rotatable bonds is 0. The van der Waals surface area contributed by atoms with E-state index >= 15 is 0 Å². The predicted molar refractivity (Wildman–Crippen MR) is 614 cm³/mol. The van der Waals surface area contributed by atoms with Crippen LogP contribution in [0.1, 0.15) is 329 Å². The van der Waals surface area contributed by atoms with Crippen molar-refractivity contribution >= 4 is 88.5 Å². The molecule has 4 aliphatic rings. The van der Waals surface area contributed by atoms with Crippen molar-refractivity contribution in [2.24, 2.45) is 42.3 Å². The lowest BCUT2D eigenvalue weighted by molar-refractivity contribution is 0.880. The number of para-hydroxylation sites is 1. The van der Waals surface area contributed by atoms with Gasteiger partial charge < -0.3 is 27.4 Å². The quantitative estimate of drug-likeness (QED) is 0.140. The number of hydrogen-bond donors (Lipinski definition) is 0. The Labute approximate surface area is 847 Å². The second kappa shape index (κ2) is 63.3. The summed E-state index contributed by atoms with van der Waals surface area (Å²) in [6.45, 7) is 90.9. The van der Waals surface area contributed by atoms with Crippen molar-refractivity contribution in [2.45, 2.75) is 330 Å². The van der Waals surface area contributed by atoms with Crippen LogP contribution >= 0.6 is 0 Å². The molecule has 2 aromatic carbocycles. The molecule has 0 amide bonds. The molecule has 18 nitrogen and oxygen atoms in total. The molecule has 140 heavy (non-hydrogen) atoms. The molecule has 0 N–H and O–H groups in total. The van der Waals surface area contributed by atoms with Crippen LogP contribution in [0.2, 0.25) is 0 Å². The number of allylic oxidation sites excluding steroid dienone is 8. The molecule has 0 fully saturated rings. The molecule has 760 valence electrons. The molecule has 0 unspecified atom stereocenters. The summed E-state index contributed by atoms with van der Waals surface area (Å²) in [5.41, 5.74) is 50.4. The normalized spacial score (nSPS) is 11.3. The van der Waals surface area contributed by atoms with Crippen molar-refractivity contribution in [3.05, 3.63) is 305 Å². The van der Waals surface area contributed by atoms with Gasteiger partial charge in [-0.1, -0.05) is 191 Å². The predicted octanol–water partition coefficient (Wildman–Crippen LogP) is 33.2. The van der Waals surface area contributed by atoms with E-state index in [2.05, 4.69) is 295 Å². The van der Waals surface area contributed by atoms with Gasteiger partial charge in [0.15, 0.2) is 5.65 Å². The Hall–Kier alpha value is -12.4. The van der Waals surface area contributed by atoms with Gasteiger partial charge in [0.1, 0.15) is 28.8 Å². The van der Waals surface area contributed by atoms with Crippen LogP contribution in [0.4, 0.5) is 0 Å². The number of hydrogen-bond acceptors (Lipinski definition) is 12. The summed E-state index contributed by atoms with van der Waals surface area (Å²) in [5.74, 6) is 4.13. The third-order valence-electron chi connectivity index (χ3n) is 24.5. The Morgan fingerprint density at radius 2 is 0.586 bits per heavy atom. The maximum atomic E-state index is 4.44. The van der Waals surface area contributed by atoms with Crippen molar-refractivity contribution in [3.8, 4) is 0 Å². The summed E-state index contributed by atoms with van der Waals surface area (Å²) in [6, 6.07) is 27.3. The van der Waals surface area contributed by atoms with E-state index in [1.807, 2.05) is 268 Å². The first-order valence-electron chi connectivity index (χ1n) is 51.4. The Bertz CT molecular complexity index is 5720. The summed E-state index contributed by atoms with van der Waals surface area (Å²) in [4.78, 5) is 51.4. The number of aryl methyl sites for hydroxylation is 22. The molecule has 20 rings (SSSR count). The molecule has 0 spiro atoms. The van der Waals surface area contributed by atoms with Gasteiger partial charge in [0.25, 0.3) is 0 Å². The third kappa shape index (κ3) is 31.8. The zero-order chi connectivity index (χ0) is 107. The average molecular weight is 1900 g/mol. The zero-order valence-corrected chi connectivity index (χ0v) is 96.7. The third-order valence-corrected chi connectivity index (χ3v) is 24.5. The fourth-order valence-electron chi connectivity index (χ4n) is 16.9. The largest absolute Gasteiger partial charge is 0.348 e. The summed E-state index contributed by atoms with van der Waals surface area (Å²) in [5, 5.41) is 1.23. The Balaban J connectivity index is 0.000000762. The van der Waals surface area contributed by atoms with E-state index in [1.165, 1.54) is 178 Å². The van der Waals surface area contributed by atoms with Gasteiger partial charge in [0.2, 0.25) is 0 Å². The summed E-state index contributed by atoms with van der Waals surface area (Å²) < 4.78 is 12.7. The molecule has 16 aromatic rings. The van der Waals surface area contributed by atoms with Crippen molar-refractivity contribution in [1.29, 1.82) is 0 Å². The SMILES string of the molecule is CC.CC.CC.CC.CC.CC.CC.CC.CC.CC.CC1=C(C)c2c(C)cccc2C1.CC1=C(C)c2c(C)ccnc2C1.CC1=C(C)c2c(C)cncc2C1.CC1=C(C)c2c(ccnc2C)C1.Cc1cccc2nc(C)n(C)c12.Cc1ccnc2cc(C)n(C)c12.Cc1ccnc2nc(C)n(C)c12.Cc1cncc2cc(C)n(C)c12.Cc1cncc2nc(C)n(C)c12.Cc1nccc2nc(C)n(C)c12. The lowest BCUT2D eigenvalue weighted by atomic mass is 10.0. The Morgan fingerprint density at radius 3 is 1.09 bits per heavy atom. The average Bonchev–Trinajstić information content (AvgIpc) is 1.74. The fraction of sp³-hybridized carbons (Fsp3) is 0.443. The van der Waals surface area contributed by atoms with Crippen LogP contribution in [0.25, 0.3) is 88.5 Å². The lowest BCUT2D eigenvalue weighted by Gasteiger charge is -2.04. The highest BCUT2D eigenvalue weighted by Crippen LogP contribution is 2.38. The molecule has 0 aliphatic heterocycles. The minimum atomic E-state index is 0.843. The topological polar surface area (TPSA) is 184 Å². The molecular formula is C122H182N18. The molecule has 18 heteroatoms. The van der Waals surface area contributed by atoms with Crippen molar-refractivity contribution in [3.63, 3.8) is 0 Å². The molecule has 14 heterocycles. The van der Waals surface area contributed by atoms with Crippen molar-refractivity contribution in [1.82, 2.24) is 87.2 Å². The van der Waals surface area contributed by atoms with Gasteiger partial charge in [-0.15, -0.1) is 0 Å². The molecule has 0 saturated heterocycles. The summed E-state index contributed by atoms with van der Waals surface area (Å²) >= 11 is 0. The molecule has 4 aliphatic carbocycles. The molecular weight excluding hydrogens is 1720 g/mol. The van der Waals surface area contributed by atoms with E-state index in [1.54, 1.807) is 18.6 Å². The first-order chi connectivity index (χ1) is 67.0. The van der Waals surface area contributed by atoms with Gasteiger partial charge in [-0.05, 0) is 329 Å². The van der Waals surface area contributed by atoms with E-state index in [0.29, 0.717) is 0 Å². The summed E-state index contributed by atoms with van der Waals surface area (Å²) in [6.07, 6.45) is 25.1. The molecule has 0 atom stereocenters. The molecule has 14 aromatic heterocycles. The fourth-order valence-corrected chi connectivity index (χ4v) is 16.9. The van der Waals surface area contributed by atoms with E-state index in [-0.39, 0.29) is 0 Å². The van der Waals surface area contributed by atoms with Crippen LogP contribution < -0.4 is 0 Å². The van der Waals surface area contributed by atoms with Gasteiger partial charge in [0, 0.05) is 144 Å². The highest BCUT2D eigenvalue weighted by Gasteiger charge is 2.22. The number of imidazole rings is 4. The number of benzene rings is 2. The molecule has 0 bridgehead atoms. The second-order valence-electron chi connectivity index (χ2n) is 33.0. The van der Waals surface area contributed by atoms with Crippen LogP contribution in [0.15, 0.2) is 169 Å². The number of pyridine rings is 8. The summed E-state index contributed by atoms with van der Waals surface area (Å²) in [7, 11) is 12.3. The monoisotopic (exact) mass is 1900 g/mol. The van der Waals surface area contributed by atoms with Crippen LogP contribution in [0, 0.1) is 111 Å². The maximum Gasteiger partial charge on any atom is 0.178 e. The zero-order valence-electron chi connectivity index (χ0n) is 96.7. The first kappa shape index (κ1) is 126. The lowest BCUT2D eigenvalue weighted by Crippen LogP contribution is -1.93. The highest BCUT2D eigenvalue weighted by atomic mass is 15.1. The van der Waals surface area contributed by atoms with E-state index in [9.17, 15) is 0 Å². The van der Waals surface area contributed by atoms with Gasteiger partial charge in [-0.2, -0.15) is 0 Å². The van der Waals surface area contributed by atoms with Crippen molar-refractivity contribution < 1.29 is 0 Å². The minimum absolute atomic E-state index is 0.843. The number of aromatic nitrogens is 18. The molecule has 0 saturated carbocycles. The van der Waals surface area contributed by atoms with Crippen LogP contribution in [0.5, 0.6) is 0 Å². The smallest absolute Gasteiger partial charge is 0.178 e. The van der Waals surface area contributed by atoms with E-state index in [0.717, 1.165) is 93.4 Å². The van der Waals surface area contributed by atoms with E-state index in [4.69, 9.17) is 0 Å². The van der Waals surface area contributed by atoms with Crippen LogP contribution in [-0.2, 0) is 68.0 Å². The maximum absolute atomic E-state index is 4.44. The highest BCUT2D eigenvalue weighted by molar-refractivity contribution is 5.85. The minimum Gasteiger partial charge on any atom is -0.348 e. The molecule has 0 radical (unpaired) electrons. The van der Waals surface area contributed by atoms with Crippen LogP contribution in [0.3, 0.4) is 0 Å². The van der Waals surface area contributed by atoms with Gasteiger partial charge >= 0.3 is 0 Å². The van der Waals surface area contributed by atoms with Crippen LogP contribution in [-0.4, -0.2) is 87.2 Å². The van der Waals surface area contributed by atoms with Crippen molar-refractivity contribution in [2.75, 3.05) is 0 Å². The second-order valence-corrected chi connectivity index (χ2v) is 33.0. The number of nitrogens with zero attached hydrogens (tertiary/aromatic N) is 18.